The van der Waals surface area contributed by atoms with Gasteiger partial charge < -0.3 is 0 Å². The fourth-order valence-electron chi connectivity index (χ4n) is 3.01. The van der Waals surface area contributed by atoms with E-state index in [1.165, 1.54) is 36.0 Å². The lowest BCUT2D eigenvalue weighted by Gasteiger charge is -2.11. The number of nitrogens with zero attached hydrogens (tertiary/aromatic N) is 3. The number of hydrogen-bond acceptors (Lipinski definition) is 4. The number of hydrogen-bond donors (Lipinski definition) is 0. The summed E-state index contributed by atoms with van der Waals surface area (Å²) in [7, 11) is 0. The summed E-state index contributed by atoms with van der Waals surface area (Å²) >= 11 is 7.34. The molecule has 7 heteroatoms. The summed E-state index contributed by atoms with van der Waals surface area (Å²) in [5, 5.41) is 9.93. The molecule has 30 heavy (non-hydrogen) atoms. The molecule has 4 rings (SSSR count). The summed E-state index contributed by atoms with van der Waals surface area (Å²) in [4.78, 5) is 12.5. The van der Waals surface area contributed by atoms with E-state index in [4.69, 9.17) is 11.6 Å². The monoisotopic (exact) mass is 437 g/mol. The summed E-state index contributed by atoms with van der Waals surface area (Å²) in [5.74, 6) is 0.357. The van der Waals surface area contributed by atoms with Crippen molar-refractivity contribution in [2.24, 2.45) is 0 Å². The number of ketones is 1. The second kappa shape index (κ2) is 8.81. The van der Waals surface area contributed by atoms with E-state index in [0.29, 0.717) is 21.6 Å². The molecule has 3 aromatic carbocycles. The molecule has 0 fully saturated rings. The SMILES string of the molecule is Cc1cccc(-c2nnc(SCC(=O)c3ccc(F)cc3)n2-c2ccc(Cl)cc2)c1. The molecule has 0 N–H and O–H groups in total. The Morgan fingerprint density at radius 2 is 1.77 bits per heavy atom. The van der Waals surface area contributed by atoms with Crippen molar-refractivity contribution in [2.45, 2.75) is 12.1 Å². The van der Waals surface area contributed by atoms with Crippen molar-refractivity contribution in [2.75, 3.05) is 5.75 Å². The van der Waals surface area contributed by atoms with Crippen LogP contribution in [0.1, 0.15) is 15.9 Å². The van der Waals surface area contributed by atoms with Gasteiger partial charge in [-0.1, -0.05) is 47.1 Å². The molecule has 0 spiro atoms. The predicted molar refractivity (Wildman–Crippen MR) is 118 cm³/mol. The highest BCUT2D eigenvalue weighted by molar-refractivity contribution is 7.99. The largest absolute Gasteiger partial charge is 0.293 e. The van der Waals surface area contributed by atoms with Gasteiger partial charge in [0.05, 0.1) is 5.75 Å². The quantitative estimate of drug-likeness (QED) is 0.274. The number of halogens is 2. The Balaban J connectivity index is 1.68. The lowest BCUT2D eigenvalue weighted by Crippen LogP contribution is -2.05. The Kier molecular flexibility index (Phi) is 5.97. The summed E-state index contributed by atoms with van der Waals surface area (Å²) in [6.07, 6.45) is 0. The number of rotatable bonds is 6. The molecule has 0 radical (unpaired) electrons. The fraction of sp³-hybridized carbons (Fsp3) is 0.0870. The Morgan fingerprint density at radius 3 is 2.47 bits per heavy atom. The van der Waals surface area contributed by atoms with Gasteiger partial charge in [-0.2, -0.15) is 0 Å². The maximum absolute atomic E-state index is 13.1. The number of carbonyl (C=O) groups is 1. The van der Waals surface area contributed by atoms with E-state index in [9.17, 15) is 9.18 Å². The summed E-state index contributed by atoms with van der Waals surface area (Å²) in [5.41, 5.74) is 3.34. The molecule has 1 aromatic heterocycles. The molecular formula is C23H17ClFN3OS. The Bertz CT molecular complexity index is 1190. The Morgan fingerprint density at radius 1 is 1.03 bits per heavy atom. The van der Waals surface area contributed by atoms with Crippen molar-refractivity contribution < 1.29 is 9.18 Å². The van der Waals surface area contributed by atoms with Gasteiger partial charge in [-0.3, -0.25) is 9.36 Å². The normalized spacial score (nSPS) is 10.9. The highest BCUT2D eigenvalue weighted by Gasteiger charge is 2.18. The van der Waals surface area contributed by atoms with Crippen LogP contribution < -0.4 is 0 Å². The zero-order chi connectivity index (χ0) is 21.1. The lowest BCUT2D eigenvalue weighted by molar-refractivity contribution is 0.102. The van der Waals surface area contributed by atoms with Gasteiger partial charge in [0, 0.05) is 21.8 Å². The second-order valence-electron chi connectivity index (χ2n) is 6.71. The van der Waals surface area contributed by atoms with E-state index in [1.54, 1.807) is 12.1 Å². The zero-order valence-electron chi connectivity index (χ0n) is 16.0. The average molecular weight is 438 g/mol. The number of carbonyl (C=O) groups excluding carboxylic acids is 1. The second-order valence-corrected chi connectivity index (χ2v) is 8.09. The molecular weight excluding hydrogens is 421 g/mol. The minimum absolute atomic E-state index is 0.109. The van der Waals surface area contributed by atoms with Crippen molar-refractivity contribution in [3.05, 3.63) is 94.8 Å². The van der Waals surface area contributed by atoms with Gasteiger partial charge in [0.1, 0.15) is 5.82 Å². The van der Waals surface area contributed by atoms with E-state index in [0.717, 1.165) is 16.8 Å². The van der Waals surface area contributed by atoms with Crippen molar-refractivity contribution in [1.82, 2.24) is 14.8 Å². The molecule has 4 aromatic rings. The van der Waals surface area contributed by atoms with Crippen LogP contribution in [0.3, 0.4) is 0 Å². The third kappa shape index (κ3) is 4.45. The third-order valence-corrected chi connectivity index (χ3v) is 5.67. The van der Waals surface area contributed by atoms with E-state index < -0.39 is 0 Å². The summed E-state index contributed by atoms with van der Waals surface area (Å²) in [6.45, 7) is 2.02. The first-order valence-corrected chi connectivity index (χ1v) is 10.6. The van der Waals surface area contributed by atoms with Gasteiger partial charge in [0.2, 0.25) is 0 Å². The van der Waals surface area contributed by atoms with Crippen LogP contribution in [0.25, 0.3) is 17.1 Å². The van der Waals surface area contributed by atoms with Crippen LogP contribution in [0, 0.1) is 12.7 Å². The van der Waals surface area contributed by atoms with Gasteiger partial charge in [-0.25, -0.2) is 4.39 Å². The number of aryl methyl sites for hydroxylation is 1. The number of thioether (sulfide) groups is 1. The van der Waals surface area contributed by atoms with Gasteiger partial charge in [-0.05, 0) is 61.5 Å². The van der Waals surface area contributed by atoms with Crippen LogP contribution in [0.4, 0.5) is 4.39 Å². The van der Waals surface area contributed by atoms with Gasteiger partial charge >= 0.3 is 0 Å². The van der Waals surface area contributed by atoms with Crippen molar-refractivity contribution in [3.8, 4) is 17.1 Å². The van der Waals surface area contributed by atoms with Gasteiger partial charge in [0.15, 0.2) is 16.8 Å². The van der Waals surface area contributed by atoms with Crippen LogP contribution in [-0.2, 0) is 0 Å². The molecule has 0 saturated heterocycles. The molecule has 0 aliphatic rings. The smallest absolute Gasteiger partial charge is 0.196 e. The molecule has 4 nitrogen and oxygen atoms in total. The molecule has 1 heterocycles. The van der Waals surface area contributed by atoms with Crippen molar-refractivity contribution in [1.29, 1.82) is 0 Å². The predicted octanol–water partition coefficient (Wildman–Crippen LogP) is 6.01. The molecule has 0 atom stereocenters. The van der Waals surface area contributed by atoms with Crippen molar-refractivity contribution in [3.63, 3.8) is 0 Å². The molecule has 150 valence electrons. The van der Waals surface area contributed by atoms with E-state index in [-0.39, 0.29) is 17.4 Å². The van der Waals surface area contributed by atoms with E-state index in [2.05, 4.69) is 10.2 Å². The van der Waals surface area contributed by atoms with Crippen LogP contribution in [0.5, 0.6) is 0 Å². The highest BCUT2D eigenvalue weighted by atomic mass is 35.5. The van der Waals surface area contributed by atoms with E-state index >= 15 is 0 Å². The van der Waals surface area contributed by atoms with Gasteiger partial charge in [0.25, 0.3) is 0 Å². The van der Waals surface area contributed by atoms with E-state index in [1.807, 2.05) is 47.9 Å². The lowest BCUT2D eigenvalue weighted by atomic mass is 10.1. The maximum Gasteiger partial charge on any atom is 0.196 e. The first kappa shape index (κ1) is 20.3. The van der Waals surface area contributed by atoms with Crippen LogP contribution in [0.2, 0.25) is 5.02 Å². The van der Waals surface area contributed by atoms with Crippen LogP contribution >= 0.6 is 23.4 Å². The molecule has 0 amide bonds. The summed E-state index contributed by atoms with van der Waals surface area (Å²) in [6, 6.07) is 20.9. The van der Waals surface area contributed by atoms with Crippen LogP contribution in [-0.4, -0.2) is 26.3 Å². The molecule has 0 saturated carbocycles. The minimum Gasteiger partial charge on any atom is -0.293 e. The number of aromatic nitrogens is 3. The minimum atomic E-state index is -0.371. The highest BCUT2D eigenvalue weighted by Crippen LogP contribution is 2.29. The topological polar surface area (TPSA) is 47.8 Å². The van der Waals surface area contributed by atoms with Gasteiger partial charge in [-0.15, -0.1) is 10.2 Å². The zero-order valence-corrected chi connectivity index (χ0v) is 17.6. The average Bonchev–Trinajstić information content (AvgIpc) is 3.17. The Hall–Kier alpha value is -2.96. The van der Waals surface area contributed by atoms with Crippen molar-refractivity contribution >= 4 is 29.1 Å². The maximum atomic E-state index is 13.1. The first-order valence-electron chi connectivity index (χ1n) is 9.21. The molecule has 0 bridgehead atoms. The molecule has 0 aliphatic heterocycles. The molecule has 0 unspecified atom stereocenters. The Labute approximate surface area is 182 Å². The number of Topliss-reactive ketones (excluding diaryl/α,β-unsaturated/α-hetero) is 1. The third-order valence-electron chi connectivity index (χ3n) is 4.49. The standard InChI is InChI=1S/C23H17ClFN3OS/c1-15-3-2-4-17(13-15)22-26-27-23(28(22)20-11-7-18(24)8-12-20)30-14-21(29)16-5-9-19(25)10-6-16/h2-13H,14H2,1H3. The molecule has 0 aliphatic carbocycles. The fourth-order valence-corrected chi connectivity index (χ4v) is 3.98. The summed E-state index contributed by atoms with van der Waals surface area (Å²) < 4.78 is 15.0. The first-order chi connectivity index (χ1) is 14.5. The number of benzene rings is 3. The van der Waals surface area contributed by atoms with Crippen LogP contribution in [0.15, 0.2) is 78.0 Å².